The number of phenolic OH excluding ortho intramolecular Hbond substituents is 1. The third-order valence-corrected chi connectivity index (χ3v) is 6.85. The van der Waals surface area contributed by atoms with Crippen LogP contribution in [0.2, 0.25) is 0 Å². The molecule has 1 fully saturated rings. The summed E-state index contributed by atoms with van der Waals surface area (Å²) in [5.74, 6) is 1.62. The molecule has 32 heavy (non-hydrogen) atoms. The number of hydrogen-bond donors (Lipinski definition) is 3. The van der Waals surface area contributed by atoms with Gasteiger partial charge in [-0.15, -0.1) is 24.0 Å². The zero-order valence-corrected chi connectivity index (χ0v) is 22.3. The molecule has 7 heteroatoms. The highest BCUT2D eigenvalue weighted by molar-refractivity contribution is 14.0. The zero-order valence-electron chi connectivity index (χ0n) is 20.0. The van der Waals surface area contributed by atoms with E-state index in [9.17, 15) is 9.90 Å². The molecule has 0 atom stereocenters. The smallest absolute Gasteiger partial charge is 0.225 e. The minimum absolute atomic E-state index is 0. The summed E-state index contributed by atoms with van der Waals surface area (Å²) in [7, 11) is 0. The number of carbonyl (C=O) groups excluding carboxylic acids is 1. The Morgan fingerprint density at radius 3 is 2.50 bits per heavy atom. The van der Waals surface area contributed by atoms with Gasteiger partial charge in [0.1, 0.15) is 5.75 Å². The van der Waals surface area contributed by atoms with Crippen LogP contribution in [0.25, 0.3) is 0 Å². The molecule has 1 aliphatic heterocycles. The van der Waals surface area contributed by atoms with Gasteiger partial charge < -0.3 is 20.6 Å². The lowest BCUT2D eigenvalue weighted by atomic mass is 9.88. The van der Waals surface area contributed by atoms with Crippen LogP contribution in [0.4, 0.5) is 0 Å². The summed E-state index contributed by atoms with van der Waals surface area (Å²) in [5.41, 5.74) is 3.63. The van der Waals surface area contributed by atoms with Crippen LogP contribution in [-0.2, 0) is 24.2 Å². The molecule has 180 valence electrons. The van der Waals surface area contributed by atoms with Gasteiger partial charge in [-0.2, -0.15) is 0 Å². The predicted octanol–water partition coefficient (Wildman–Crippen LogP) is 4.37. The summed E-state index contributed by atoms with van der Waals surface area (Å²) in [5, 5.41) is 17.4. The number of halogens is 1. The maximum atomic E-state index is 12.6. The molecule has 0 radical (unpaired) electrons. The van der Waals surface area contributed by atoms with Crippen LogP contribution in [0.5, 0.6) is 5.75 Å². The zero-order chi connectivity index (χ0) is 22.2. The molecule has 0 aromatic heterocycles. The molecule has 2 aliphatic rings. The Morgan fingerprint density at radius 2 is 1.84 bits per heavy atom. The van der Waals surface area contributed by atoms with Crippen molar-refractivity contribution in [2.45, 2.75) is 84.7 Å². The van der Waals surface area contributed by atoms with E-state index in [1.807, 2.05) is 11.0 Å². The summed E-state index contributed by atoms with van der Waals surface area (Å²) < 4.78 is 0. The first kappa shape index (κ1) is 26.7. The summed E-state index contributed by atoms with van der Waals surface area (Å²) in [6.45, 7) is 9.14. The SMILES string of the molecule is CCNC(=NCc1c(O)ccc2c1CCCC2)NC1CCN(C(=O)C(CC)CC)CC1.I. The fourth-order valence-electron chi connectivity index (χ4n) is 4.88. The summed E-state index contributed by atoms with van der Waals surface area (Å²) in [6, 6.07) is 4.20. The average Bonchev–Trinajstić information content (AvgIpc) is 2.79. The summed E-state index contributed by atoms with van der Waals surface area (Å²) in [6.07, 6.45) is 8.23. The van der Waals surface area contributed by atoms with Gasteiger partial charge in [0.15, 0.2) is 5.96 Å². The van der Waals surface area contributed by atoms with Gasteiger partial charge in [0.25, 0.3) is 0 Å². The third-order valence-electron chi connectivity index (χ3n) is 6.85. The van der Waals surface area contributed by atoms with E-state index in [0.717, 1.165) is 69.7 Å². The Kier molecular flexibility index (Phi) is 11.1. The fraction of sp³-hybridized carbons (Fsp3) is 0.680. The van der Waals surface area contributed by atoms with Crippen LogP contribution in [0, 0.1) is 5.92 Å². The molecule has 0 spiro atoms. The van der Waals surface area contributed by atoms with E-state index in [-0.39, 0.29) is 29.9 Å². The lowest BCUT2D eigenvalue weighted by Gasteiger charge is -2.35. The number of fused-ring (bicyclic) bond motifs is 1. The molecular formula is C25H41IN4O2. The predicted molar refractivity (Wildman–Crippen MR) is 142 cm³/mol. The second kappa shape index (κ2) is 13.3. The van der Waals surface area contributed by atoms with E-state index in [1.165, 1.54) is 24.0 Å². The monoisotopic (exact) mass is 556 g/mol. The van der Waals surface area contributed by atoms with Crippen molar-refractivity contribution in [1.82, 2.24) is 15.5 Å². The van der Waals surface area contributed by atoms with Crippen LogP contribution in [-0.4, -0.2) is 47.5 Å². The number of carbonyl (C=O) groups is 1. The largest absolute Gasteiger partial charge is 0.508 e. The third kappa shape index (κ3) is 6.75. The van der Waals surface area contributed by atoms with Gasteiger partial charge in [-0.25, -0.2) is 4.99 Å². The molecule has 3 rings (SSSR count). The number of hydrogen-bond acceptors (Lipinski definition) is 3. The van der Waals surface area contributed by atoms with Crippen molar-refractivity contribution in [1.29, 1.82) is 0 Å². The fourth-order valence-corrected chi connectivity index (χ4v) is 4.88. The molecule has 1 aromatic carbocycles. The molecule has 6 nitrogen and oxygen atoms in total. The van der Waals surface area contributed by atoms with Crippen LogP contribution in [0.15, 0.2) is 17.1 Å². The van der Waals surface area contributed by atoms with Crippen molar-refractivity contribution in [3.63, 3.8) is 0 Å². The maximum Gasteiger partial charge on any atom is 0.225 e. The Balaban J connectivity index is 0.00000363. The highest BCUT2D eigenvalue weighted by Crippen LogP contribution is 2.31. The van der Waals surface area contributed by atoms with E-state index in [2.05, 4.69) is 37.5 Å². The highest BCUT2D eigenvalue weighted by Gasteiger charge is 2.27. The number of nitrogens with zero attached hydrogens (tertiary/aromatic N) is 2. The van der Waals surface area contributed by atoms with E-state index < -0.39 is 0 Å². The first-order chi connectivity index (χ1) is 15.1. The second-order valence-corrected chi connectivity index (χ2v) is 8.86. The standard InChI is InChI=1S/C25H40N4O2.HI/c1-4-18(5-2)24(31)29-15-13-20(14-16-29)28-25(26-6-3)27-17-22-21-10-8-7-9-19(21)11-12-23(22)30;/h11-12,18,20,30H,4-10,13-17H2,1-3H3,(H2,26,27,28);1H. The molecule has 1 amide bonds. The van der Waals surface area contributed by atoms with Crippen molar-refractivity contribution in [3.8, 4) is 5.75 Å². The lowest BCUT2D eigenvalue weighted by Crippen LogP contribution is -2.50. The first-order valence-corrected chi connectivity index (χ1v) is 12.2. The van der Waals surface area contributed by atoms with Crippen LogP contribution < -0.4 is 10.6 Å². The number of likely N-dealkylation sites (tertiary alicyclic amines) is 1. The van der Waals surface area contributed by atoms with Crippen LogP contribution >= 0.6 is 24.0 Å². The van der Waals surface area contributed by atoms with E-state index in [4.69, 9.17) is 4.99 Å². The highest BCUT2D eigenvalue weighted by atomic mass is 127. The number of amides is 1. The minimum Gasteiger partial charge on any atom is -0.508 e. The van der Waals surface area contributed by atoms with Crippen molar-refractivity contribution in [2.24, 2.45) is 10.9 Å². The molecule has 1 aromatic rings. The van der Waals surface area contributed by atoms with Gasteiger partial charge in [-0.3, -0.25) is 4.79 Å². The number of phenols is 1. The molecule has 0 saturated carbocycles. The van der Waals surface area contributed by atoms with Gasteiger partial charge in [0.05, 0.1) is 6.54 Å². The number of aromatic hydroxyl groups is 1. The molecule has 1 saturated heterocycles. The van der Waals surface area contributed by atoms with Gasteiger partial charge in [-0.05, 0) is 75.5 Å². The number of guanidine groups is 1. The topological polar surface area (TPSA) is 77.0 Å². The van der Waals surface area contributed by atoms with Crippen LogP contribution in [0.1, 0.15) is 76.0 Å². The molecule has 0 bridgehead atoms. The second-order valence-electron chi connectivity index (χ2n) is 8.86. The van der Waals surface area contributed by atoms with Crippen LogP contribution in [0.3, 0.4) is 0 Å². The van der Waals surface area contributed by atoms with Gasteiger partial charge in [0, 0.05) is 37.2 Å². The van der Waals surface area contributed by atoms with Gasteiger partial charge >= 0.3 is 0 Å². The number of benzene rings is 1. The van der Waals surface area contributed by atoms with Crippen molar-refractivity contribution in [2.75, 3.05) is 19.6 Å². The summed E-state index contributed by atoms with van der Waals surface area (Å²) >= 11 is 0. The molecule has 3 N–H and O–H groups in total. The number of nitrogens with one attached hydrogen (secondary N) is 2. The Morgan fingerprint density at radius 1 is 1.16 bits per heavy atom. The van der Waals surface area contributed by atoms with E-state index in [1.54, 1.807) is 0 Å². The Labute approximate surface area is 210 Å². The quantitative estimate of drug-likeness (QED) is 0.265. The van der Waals surface area contributed by atoms with E-state index >= 15 is 0 Å². The Bertz CT molecular complexity index is 771. The number of aliphatic imine (C=N–C) groups is 1. The van der Waals surface area contributed by atoms with Gasteiger partial charge in [-0.1, -0.05) is 19.9 Å². The number of piperidine rings is 1. The molecular weight excluding hydrogens is 515 g/mol. The molecule has 1 aliphatic carbocycles. The number of aryl methyl sites for hydroxylation is 1. The maximum absolute atomic E-state index is 12.6. The normalized spacial score (nSPS) is 17.0. The molecule has 0 unspecified atom stereocenters. The molecule has 1 heterocycles. The van der Waals surface area contributed by atoms with Crippen molar-refractivity contribution in [3.05, 3.63) is 28.8 Å². The first-order valence-electron chi connectivity index (χ1n) is 12.2. The number of rotatable bonds is 7. The van der Waals surface area contributed by atoms with E-state index in [0.29, 0.717) is 24.2 Å². The van der Waals surface area contributed by atoms with Crippen molar-refractivity contribution >= 4 is 35.8 Å². The summed E-state index contributed by atoms with van der Waals surface area (Å²) in [4.78, 5) is 19.5. The Hall–Kier alpha value is -1.51. The van der Waals surface area contributed by atoms with Crippen molar-refractivity contribution < 1.29 is 9.90 Å². The average molecular weight is 557 g/mol. The van der Waals surface area contributed by atoms with Gasteiger partial charge in [0.2, 0.25) is 5.91 Å². The minimum atomic E-state index is 0. The lowest BCUT2D eigenvalue weighted by molar-refractivity contribution is -0.136.